The van der Waals surface area contributed by atoms with Gasteiger partial charge in [-0.25, -0.2) is 9.97 Å². The Kier molecular flexibility index (Phi) is 12.4. The van der Waals surface area contributed by atoms with Gasteiger partial charge >= 0.3 is 11.9 Å². The summed E-state index contributed by atoms with van der Waals surface area (Å²) in [5.74, 6) is -1.04. The number of hydrogen-bond acceptors (Lipinski definition) is 10. The van der Waals surface area contributed by atoms with E-state index < -0.39 is 30.1 Å². The van der Waals surface area contributed by atoms with E-state index in [1.807, 2.05) is 27.7 Å². The minimum Gasteiger partial charge on any atom is -0.464 e. The highest BCUT2D eigenvalue weighted by atomic mass is 35.5. The van der Waals surface area contributed by atoms with Crippen LogP contribution in [0.5, 0.6) is 0 Å². The average Bonchev–Trinajstić information content (AvgIpc) is 3.07. The molecular weight excluding hydrogens is 461 g/mol. The molecule has 0 bridgehead atoms. The van der Waals surface area contributed by atoms with Crippen LogP contribution >= 0.6 is 24.8 Å². The van der Waals surface area contributed by atoms with E-state index in [0.717, 1.165) is 0 Å². The second-order valence-corrected chi connectivity index (χ2v) is 7.89. The van der Waals surface area contributed by atoms with E-state index >= 15 is 0 Å². The minimum absolute atomic E-state index is 0. The summed E-state index contributed by atoms with van der Waals surface area (Å²) in [7, 11) is 0. The molecule has 0 saturated heterocycles. The first-order valence-corrected chi connectivity index (χ1v) is 9.91. The third-order valence-electron chi connectivity index (χ3n) is 4.73. The summed E-state index contributed by atoms with van der Waals surface area (Å²) in [6.45, 7) is 7.61. The van der Waals surface area contributed by atoms with Crippen LogP contribution in [-0.2, 0) is 25.6 Å². The van der Waals surface area contributed by atoms with Crippen LogP contribution in [-0.4, -0.2) is 56.3 Å². The van der Waals surface area contributed by atoms with Crippen LogP contribution in [0.4, 0.5) is 5.95 Å². The summed E-state index contributed by atoms with van der Waals surface area (Å²) in [5.41, 5.74) is 18.4. The smallest absolute Gasteiger partial charge is 0.323 e. The fourth-order valence-corrected chi connectivity index (χ4v) is 2.58. The van der Waals surface area contributed by atoms with Gasteiger partial charge in [-0.15, -0.1) is 24.8 Å². The summed E-state index contributed by atoms with van der Waals surface area (Å²) < 4.78 is 12.6. The number of nitrogen functional groups attached to an aromatic ring is 1. The molecule has 11 nitrogen and oxygen atoms in total. The zero-order valence-corrected chi connectivity index (χ0v) is 20.3. The van der Waals surface area contributed by atoms with Gasteiger partial charge in [-0.1, -0.05) is 27.7 Å². The second kappa shape index (κ2) is 13.4. The molecule has 3 atom stereocenters. The predicted octanol–water partition coefficient (Wildman–Crippen LogP) is 1.06. The van der Waals surface area contributed by atoms with E-state index in [-0.39, 0.29) is 62.2 Å². The van der Waals surface area contributed by atoms with Gasteiger partial charge in [-0.05, 0) is 11.8 Å². The lowest BCUT2D eigenvalue weighted by atomic mass is 10.1. The number of ether oxygens (including phenoxy) is 2. The molecule has 2 heterocycles. The lowest BCUT2D eigenvalue weighted by Crippen LogP contribution is -2.40. The molecule has 6 N–H and O–H groups in total. The number of carbonyl (C=O) groups is 2. The summed E-state index contributed by atoms with van der Waals surface area (Å²) in [5, 5.41) is 0. The zero-order valence-electron chi connectivity index (χ0n) is 18.6. The van der Waals surface area contributed by atoms with E-state index in [0.29, 0.717) is 11.2 Å². The third-order valence-corrected chi connectivity index (χ3v) is 4.73. The standard InChI is InChI=1S/C19H31N7O4.2ClH/c1-10(2)14(20)17(27)29-6-5-12(30-18(28)15(21)11(3)4)8-26-9-24-13-7-23-19(22)25-16(13)26;;/h7,9-12,14-15H,5-6,8,20-21H2,1-4H3,(H2,22,23,25);2*1H/t12?,14-,15-;;/m0../s1. The van der Waals surface area contributed by atoms with Crippen molar-refractivity contribution < 1.29 is 19.1 Å². The lowest BCUT2D eigenvalue weighted by Gasteiger charge is -2.22. The number of halogens is 2. The number of nitrogens with two attached hydrogens (primary N) is 3. The molecule has 2 aromatic rings. The maximum atomic E-state index is 12.4. The van der Waals surface area contributed by atoms with E-state index in [1.165, 1.54) is 6.20 Å². The zero-order chi connectivity index (χ0) is 22.4. The maximum Gasteiger partial charge on any atom is 0.323 e. The molecular formula is C19H33Cl2N7O4. The van der Waals surface area contributed by atoms with Gasteiger partial charge in [0.25, 0.3) is 0 Å². The SMILES string of the molecule is CC(C)[C@H](N)C(=O)OCCC(Cn1cnc2cnc(N)nc21)OC(=O)[C@@H](N)C(C)C.Cl.Cl. The number of anilines is 1. The van der Waals surface area contributed by atoms with Gasteiger partial charge < -0.3 is 31.2 Å². The number of aromatic nitrogens is 4. The number of imidazole rings is 1. The van der Waals surface area contributed by atoms with Gasteiger partial charge in [0, 0.05) is 6.42 Å². The molecule has 2 rings (SSSR count). The molecule has 0 radical (unpaired) electrons. The first-order valence-electron chi connectivity index (χ1n) is 9.91. The van der Waals surface area contributed by atoms with Crippen LogP contribution < -0.4 is 17.2 Å². The number of carbonyl (C=O) groups excluding carboxylic acids is 2. The molecule has 32 heavy (non-hydrogen) atoms. The van der Waals surface area contributed by atoms with Gasteiger partial charge in [-0.2, -0.15) is 4.98 Å². The first kappa shape index (κ1) is 29.8. The topological polar surface area (TPSA) is 174 Å². The highest BCUT2D eigenvalue weighted by molar-refractivity contribution is 5.85. The maximum absolute atomic E-state index is 12.4. The van der Waals surface area contributed by atoms with E-state index in [2.05, 4.69) is 15.0 Å². The van der Waals surface area contributed by atoms with Crippen molar-refractivity contribution in [3.05, 3.63) is 12.5 Å². The number of hydrogen-bond donors (Lipinski definition) is 3. The summed E-state index contributed by atoms with van der Waals surface area (Å²) >= 11 is 0. The Hall–Kier alpha value is -2.21. The Morgan fingerprint density at radius 2 is 1.62 bits per heavy atom. The van der Waals surface area contributed by atoms with E-state index in [4.69, 9.17) is 26.7 Å². The van der Waals surface area contributed by atoms with Gasteiger partial charge in [0.05, 0.1) is 25.7 Å². The van der Waals surface area contributed by atoms with Crippen molar-refractivity contribution in [2.45, 2.75) is 58.8 Å². The molecule has 182 valence electrons. The highest BCUT2D eigenvalue weighted by Gasteiger charge is 2.25. The van der Waals surface area contributed by atoms with Gasteiger partial charge in [0.1, 0.15) is 23.7 Å². The number of esters is 2. The van der Waals surface area contributed by atoms with Crippen molar-refractivity contribution in [2.24, 2.45) is 23.3 Å². The predicted molar refractivity (Wildman–Crippen MR) is 125 cm³/mol. The summed E-state index contributed by atoms with van der Waals surface area (Å²) in [6, 6.07) is -1.47. The number of fused-ring (bicyclic) bond motifs is 1. The summed E-state index contributed by atoms with van der Waals surface area (Å²) in [4.78, 5) is 36.7. The van der Waals surface area contributed by atoms with Crippen LogP contribution in [0.2, 0.25) is 0 Å². The van der Waals surface area contributed by atoms with Crippen LogP contribution in [0.1, 0.15) is 34.1 Å². The van der Waals surface area contributed by atoms with Crippen molar-refractivity contribution in [3.63, 3.8) is 0 Å². The fraction of sp³-hybridized carbons (Fsp3) is 0.632. The highest BCUT2D eigenvalue weighted by Crippen LogP contribution is 2.14. The normalized spacial score (nSPS) is 13.8. The van der Waals surface area contributed by atoms with Crippen molar-refractivity contribution >= 4 is 53.9 Å². The van der Waals surface area contributed by atoms with Crippen molar-refractivity contribution in [1.82, 2.24) is 19.5 Å². The second-order valence-electron chi connectivity index (χ2n) is 7.89. The number of nitrogens with zero attached hydrogens (tertiary/aromatic N) is 4. The minimum atomic E-state index is -0.762. The van der Waals surface area contributed by atoms with Crippen LogP contribution in [0, 0.1) is 11.8 Å². The number of rotatable bonds is 10. The van der Waals surface area contributed by atoms with E-state index in [9.17, 15) is 9.59 Å². The molecule has 0 fully saturated rings. The van der Waals surface area contributed by atoms with Crippen molar-refractivity contribution in [2.75, 3.05) is 12.3 Å². The molecule has 0 aromatic carbocycles. The summed E-state index contributed by atoms with van der Waals surface area (Å²) in [6.07, 6.45) is 2.70. The first-order chi connectivity index (χ1) is 14.1. The molecule has 2 aromatic heterocycles. The van der Waals surface area contributed by atoms with Crippen LogP contribution in [0.25, 0.3) is 11.2 Å². The molecule has 1 unspecified atom stereocenters. The molecule has 0 amide bonds. The molecule has 0 aliphatic rings. The monoisotopic (exact) mass is 493 g/mol. The molecule has 0 saturated carbocycles. The van der Waals surface area contributed by atoms with Gasteiger partial charge in [0.15, 0.2) is 5.65 Å². The van der Waals surface area contributed by atoms with Gasteiger partial charge in [0.2, 0.25) is 5.95 Å². The van der Waals surface area contributed by atoms with Crippen molar-refractivity contribution in [1.29, 1.82) is 0 Å². The van der Waals surface area contributed by atoms with E-state index in [1.54, 1.807) is 10.9 Å². The Bertz CT molecular complexity index is 878. The Morgan fingerprint density at radius 1 is 1.03 bits per heavy atom. The van der Waals surface area contributed by atoms with Crippen LogP contribution in [0.15, 0.2) is 12.5 Å². The quantitative estimate of drug-likeness (QED) is 0.405. The molecule has 0 aliphatic heterocycles. The lowest BCUT2D eigenvalue weighted by molar-refractivity contribution is -0.154. The third kappa shape index (κ3) is 8.05. The largest absolute Gasteiger partial charge is 0.464 e. The Morgan fingerprint density at radius 3 is 2.22 bits per heavy atom. The fourth-order valence-electron chi connectivity index (χ4n) is 2.58. The molecule has 0 aliphatic carbocycles. The molecule has 0 spiro atoms. The molecule has 13 heteroatoms. The Balaban J connectivity index is 0.00000480. The Labute approximate surface area is 199 Å². The van der Waals surface area contributed by atoms with Gasteiger partial charge in [-0.3, -0.25) is 9.59 Å². The van der Waals surface area contributed by atoms with Crippen LogP contribution in [0.3, 0.4) is 0 Å². The van der Waals surface area contributed by atoms with Crippen molar-refractivity contribution in [3.8, 4) is 0 Å². The average molecular weight is 494 g/mol.